The van der Waals surface area contributed by atoms with Gasteiger partial charge >= 0.3 is 5.69 Å². The highest BCUT2D eigenvalue weighted by Gasteiger charge is 2.63. The Morgan fingerprint density at radius 1 is 1.06 bits per heavy atom. The second kappa shape index (κ2) is 7.46. The van der Waals surface area contributed by atoms with Crippen molar-refractivity contribution < 1.29 is 10.2 Å². The molecule has 3 saturated carbocycles. The molecule has 1 saturated heterocycles. The van der Waals surface area contributed by atoms with E-state index in [1.807, 2.05) is 28.8 Å². The summed E-state index contributed by atoms with van der Waals surface area (Å²) in [5.74, 6) is 2.93. The molecule has 0 amide bonds. The van der Waals surface area contributed by atoms with Gasteiger partial charge in [-0.2, -0.15) is 0 Å². The molecular formula is C25H35N3O3. The monoisotopic (exact) mass is 425 g/mol. The maximum atomic E-state index is 13.3. The van der Waals surface area contributed by atoms with Crippen molar-refractivity contribution in [2.24, 2.45) is 23.2 Å². The van der Waals surface area contributed by atoms with E-state index in [-0.39, 0.29) is 24.9 Å². The lowest BCUT2D eigenvalue weighted by atomic mass is 9.76. The van der Waals surface area contributed by atoms with Gasteiger partial charge in [-0.15, -0.1) is 0 Å². The van der Waals surface area contributed by atoms with Crippen LogP contribution >= 0.6 is 0 Å². The molecule has 2 aromatic rings. The molecule has 0 unspecified atom stereocenters. The summed E-state index contributed by atoms with van der Waals surface area (Å²) in [5.41, 5.74) is 2.45. The predicted octanol–water partition coefficient (Wildman–Crippen LogP) is 2.62. The van der Waals surface area contributed by atoms with Crippen LogP contribution in [0.25, 0.3) is 11.0 Å². The van der Waals surface area contributed by atoms with Crippen LogP contribution in [0.1, 0.15) is 51.0 Å². The molecule has 4 fully saturated rings. The van der Waals surface area contributed by atoms with Crippen molar-refractivity contribution in [2.75, 3.05) is 26.2 Å². The number of benzene rings is 1. The standard InChI is InChI=1S/C25H35N3O3/c29-16-20(30)14-27-22-3-1-2-4-23(22)28(24(27)31)19-7-11-26(12-8-19)15-21-17-5-6-18(13-17)25(21)9-10-25/h1-4,17-21,29-30H,5-16H2/t17-,18-,20+,21-/m1/s1. The Hall–Kier alpha value is -1.63. The van der Waals surface area contributed by atoms with Crippen molar-refractivity contribution >= 4 is 11.0 Å². The summed E-state index contributed by atoms with van der Waals surface area (Å²) in [6, 6.07) is 8.06. The van der Waals surface area contributed by atoms with Crippen LogP contribution < -0.4 is 5.69 Å². The van der Waals surface area contributed by atoms with Crippen LogP contribution in [0.2, 0.25) is 0 Å². The van der Waals surface area contributed by atoms with E-state index in [0.29, 0.717) is 0 Å². The smallest absolute Gasteiger partial charge is 0.329 e. The van der Waals surface area contributed by atoms with Gasteiger partial charge in [0.25, 0.3) is 0 Å². The zero-order valence-corrected chi connectivity index (χ0v) is 18.3. The lowest BCUT2D eigenvalue weighted by molar-refractivity contribution is 0.0806. The summed E-state index contributed by atoms with van der Waals surface area (Å²) in [5, 5.41) is 19.2. The van der Waals surface area contributed by atoms with Crippen molar-refractivity contribution in [1.29, 1.82) is 0 Å². The van der Waals surface area contributed by atoms with E-state index in [1.54, 1.807) is 4.57 Å². The molecule has 1 aromatic heterocycles. The van der Waals surface area contributed by atoms with Gasteiger partial charge in [0.05, 0.1) is 30.3 Å². The van der Waals surface area contributed by atoms with Gasteiger partial charge < -0.3 is 15.1 Å². The Morgan fingerprint density at radius 3 is 2.52 bits per heavy atom. The van der Waals surface area contributed by atoms with Gasteiger partial charge in [-0.05, 0) is 80.2 Å². The predicted molar refractivity (Wildman–Crippen MR) is 120 cm³/mol. The molecule has 0 radical (unpaired) electrons. The van der Waals surface area contributed by atoms with Gasteiger partial charge in [0.1, 0.15) is 0 Å². The van der Waals surface area contributed by atoms with Gasteiger partial charge in [0, 0.05) is 25.7 Å². The van der Waals surface area contributed by atoms with Crippen LogP contribution in [-0.2, 0) is 6.54 Å². The molecule has 3 aliphatic carbocycles. The quantitative estimate of drug-likeness (QED) is 0.747. The highest BCUT2D eigenvalue weighted by atomic mass is 16.3. The van der Waals surface area contributed by atoms with E-state index in [9.17, 15) is 15.0 Å². The zero-order valence-electron chi connectivity index (χ0n) is 18.3. The Labute approximate surface area is 183 Å². The minimum atomic E-state index is -0.921. The number of aromatic nitrogens is 2. The van der Waals surface area contributed by atoms with Crippen molar-refractivity contribution in [3.63, 3.8) is 0 Å². The molecule has 2 heterocycles. The van der Waals surface area contributed by atoms with Gasteiger partial charge in [0.2, 0.25) is 0 Å². The van der Waals surface area contributed by atoms with E-state index in [0.717, 1.165) is 60.1 Å². The van der Waals surface area contributed by atoms with Gasteiger partial charge in [-0.3, -0.25) is 9.13 Å². The van der Waals surface area contributed by atoms with E-state index in [2.05, 4.69) is 4.90 Å². The van der Waals surface area contributed by atoms with Crippen molar-refractivity contribution in [3.05, 3.63) is 34.7 Å². The number of hydrogen-bond acceptors (Lipinski definition) is 4. The second-order valence-corrected chi connectivity index (χ2v) is 10.7. The second-order valence-electron chi connectivity index (χ2n) is 10.7. The van der Waals surface area contributed by atoms with Crippen LogP contribution in [0.15, 0.2) is 29.1 Å². The number of fused-ring (bicyclic) bond motifs is 4. The number of aliphatic hydroxyl groups is 2. The Kier molecular flexibility index (Phi) is 4.82. The molecule has 4 atom stereocenters. The number of para-hydroxylation sites is 2. The summed E-state index contributed by atoms with van der Waals surface area (Å²) in [4.78, 5) is 16.0. The van der Waals surface area contributed by atoms with Crippen molar-refractivity contribution in [2.45, 2.75) is 63.6 Å². The number of imidazole rings is 1. The first-order valence-corrected chi connectivity index (χ1v) is 12.3. The van der Waals surface area contributed by atoms with Crippen LogP contribution in [0, 0.1) is 23.2 Å². The van der Waals surface area contributed by atoms with Crippen LogP contribution in [0.5, 0.6) is 0 Å². The van der Waals surface area contributed by atoms with Crippen LogP contribution in [0.4, 0.5) is 0 Å². The summed E-state index contributed by atoms with van der Waals surface area (Å²) in [6.07, 6.45) is 8.48. The van der Waals surface area contributed by atoms with Crippen molar-refractivity contribution in [3.8, 4) is 0 Å². The minimum Gasteiger partial charge on any atom is -0.394 e. The number of piperidine rings is 1. The molecule has 1 aliphatic heterocycles. The topological polar surface area (TPSA) is 70.6 Å². The van der Waals surface area contributed by atoms with E-state index in [4.69, 9.17) is 0 Å². The molecule has 31 heavy (non-hydrogen) atoms. The highest BCUT2D eigenvalue weighted by molar-refractivity contribution is 5.76. The van der Waals surface area contributed by atoms with Gasteiger partial charge in [-0.1, -0.05) is 12.1 Å². The number of likely N-dealkylation sites (tertiary alicyclic amines) is 1. The molecule has 4 aliphatic rings. The summed E-state index contributed by atoms with van der Waals surface area (Å²) >= 11 is 0. The highest BCUT2D eigenvalue weighted by Crippen LogP contribution is 2.71. The Balaban J connectivity index is 1.19. The number of hydrogen-bond donors (Lipinski definition) is 2. The molecule has 168 valence electrons. The third-order valence-corrected chi connectivity index (χ3v) is 9.27. The van der Waals surface area contributed by atoms with Gasteiger partial charge in [-0.25, -0.2) is 4.79 Å². The van der Waals surface area contributed by atoms with E-state index >= 15 is 0 Å². The first-order chi connectivity index (χ1) is 15.1. The molecule has 2 bridgehead atoms. The SMILES string of the molecule is O=c1n(C[C@H](O)CO)c2ccccc2n1C1CCN(C[C@@H]2[C@@H]3CC[C@H](C3)C23CC3)CC1. The maximum absolute atomic E-state index is 13.3. The van der Waals surface area contributed by atoms with Crippen LogP contribution in [-0.4, -0.2) is 56.6 Å². The average Bonchev–Trinajstić information content (AvgIpc) is 3.21. The van der Waals surface area contributed by atoms with Gasteiger partial charge in [0.15, 0.2) is 0 Å². The molecular weight excluding hydrogens is 390 g/mol. The third-order valence-electron chi connectivity index (χ3n) is 9.27. The maximum Gasteiger partial charge on any atom is 0.329 e. The fraction of sp³-hybridized carbons (Fsp3) is 0.720. The molecule has 6 heteroatoms. The Bertz CT molecular complexity index is 1010. The largest absolute Gasteiger partial charge is 0.394 e. The first kappa shape index (κ1) is 20.0. The average molecular weight is 426 g/mol. The molecule has 2 N–H and O–H groups in total. The normalized spacial score (nSPS) is 31.1. The number of aliphatic hydroxyl groups excluding tert-OH is 2. The zero-order chi connectivity index (χ0) is 21.2. The lowest BCUT2D eigenvalue weighted by Crippen LogP contribution is -2.42. The third kappa shape index (κ3) is 3.13. The lowest BCUT2D eigenvalue weighted by Gasteiger charge is -2.39. The van der Waals surface area contributed by atoms with Crippen LogP contribution in [0.3, 0.4) is 0 Å². The fourth-order valence-electron chi connectivity index (χ4n) is 7.60. The summed E-state index contributed by atoms with van der Waals surface area (Å²) in [7, 11) is 0. The summed E-state index contributed by atoms with van der Waals surface area (Å²) in [6.45, 7) is 3.20. The number of rotatable bonds is 6. The molecule has 1 spiro atoms. The summed E-state index contributed by atoms with van der Waals surface area (Å²) < 4.78 is 3.59. The molecule has 6 rings (SSSR count). The molecule has 1 aromatic carbocycles. The number of nitrogens with zero attached hydrogens (tertiary/aromatic N) is 3. The Morgan fingerprint density at radius 2 is 1.81 bits per heavy atom. The van der Waals surface area contributed by atoms with Crippen molar-refractivity contribution in [1.82, 2.24) is 14.0 Å². The minimum absolute atomic E-state index is 0.0582. The fourth-order valence-corrected chi connectivity index (χ4v) is 7.60. The first-order valence-electron chi connectivity index (χ1n) is 12.3. The molecule has 6 nitrogen and oxygen atoms in total. The van der Waals surface area contributed by atoms with E-state index in [1.165, 1.54) is 38.6 Å². The van der Waals surface area contributed by atoms with E-state index < -0.39 is 6.10 Å².